The molecule has 2 aliphatic rings. The first-order valence-electron chi connectivity index (χ1n) is 9.40. The van der Waals surface area contributed by atoms with Gasteiger partial charge in [0.2, 0.25) is 0 Å². The number of carbonyl (C=O) groups is 1. The molecule has 0 saturated heterocycles. The molecule has 22 heavy (non-hydrogen) atoms. The van der Waals surface area contributed by atoms with Crippen molar-refractivity contribution in [1.82, 2.24) is 5.32 Å². The molecule has 0 aromatic rings. The molecule has 2 saturated carbocycles. The number of nitrogens with two attached hydrogens (primary N) is 1. The third-order valence-electron chi connectivity index (χ3n) is 4.78. The normalized spacial score (nSPS) is 20.2. The largest absolute Gasteiger partial charge is 0.481 e. The lowest BCUT2D eigenvalue weighted by Gasteiger charge is -2.30. The molecule has 130 valence electrons. The van der Waals surface area contributed by atoms with E-state index in [1.807, 2.05) is 0 Å². The number of aliphatic carboxylic acids is 1. The summed E-state index contributed by atoms with van der Waals surface area (Å²) in [4.78, 5) is 9.93. The number of unbranched alkanes of at least 4 members (excludes halogenated alkanes) is 2. The van der Waals surface area contributed by atoms with E-state index in [0.29, 0.717) is 6.54 Å². The Morgan fingerprint density at radius 3 is 1.77 bits per heavy atom. The maximum atomic E-state index is 9.93. The molecule has 4 nitrogen and oxygen atoms in total. The fraction of sp³-hybridized carbons (Fsp3) is 0.944. The van der Waals surface area contributed by atoms with Gasteiger partial charge in [-0.05, 0) is 45.1 Å². The topological polar surface area (TPSA) is 75.3 Å². The molecule has 0 aromatic carbocycles. The van der Waals surface area contributed by atoms with Gasteiger partial charge in [-0.25, -0.2) is 0 Å². The van der Waals surface area contributed by atoms with Crippen molar-refractivity contribution < 1.29 is 9.90 Å². The SMILES string of the molecule is C1CCC(NC2CCCCC2)CC1.NCCCCCC(=O)O. The Balaban J connectivity index is 0.000000239. The van der Waals surface area contributed by atoms with Gasteiger partial charge < -0.3 is 16.2 Å². The summed E-state index contributed by atoms with van der Waals surface area (Å²) in [5.41, 5.74) is 5.20. The summed E-state index contributed by atoms with van der Waals surface area (Å²) in [5.74, 6) is -0.716. The van der Waals surface area contributed by atoms with Gasteiger partial charge in [-0.15, -0.1) is 0 Å². The van der Waals surface area contributed by atoms with Crippen LogP contribution in [0.3, 0.4) is 0 Å². The summed E-state index contributed by atoms with van der Waals surface area (Å²) >= 11 is 0. The van der Waals surface area contributed by atoms with E-state index in [4.69, 9.17) is 10.8 Å². The molecule has 2 aliphatic carbocycles. The maximum absolute atomic E-state index is 9.93. The minimum absolute atomic E-state index is 0.278. The van der Waals surface area contributed by atoms with E-state index in [-0.39, 0.29) is 6.42 Å². The van der Waals surface area contributed by atoms with Crippen molar-refractivity contribution in [2.75, 3.05) is 6.54 Å². The molecule has 4 N–H and O–H groups in total. The minimum Gasteiger partial charge on any atom is -0.481 e. The number of hydrogen-bond donors (Lipinski definition) is 3. The van der Waals surface area contributed by atoms with E-state index in [1.165, 1.54) is 64.2 Å². The van der Waals surface area contributed by atoms with Gasteiger partial charge in [-0.1, -0.05) is 44.9 Å². The van der Waals surface area contributed by atoms with Gasteiger partial charge in [-0.3, -0.25) is 4.79 Å². The Morgan fingerprint density at radius 2 is 1.36 bits per heavy atom. The summed E-state index contributed by atoms with van der Waals surface area (Å²) in [5, 5.41) is 12.0. The average molecular weight is 312 g/mol. The number of carboxylic acid groups (broad SMARTS) is 1. The smallest absolute Gasteiger partial charge is 0.303 e. The standard InChI is InChI=1S/C12H23N.C6H13NO2/c1-3-7-11(8-4-1)13-12-9-5-2-6-10-12;7-5-3-1-2-4-6(8)9/h11-13H,1-10H2;1-5,7H2,(H,8,9). The Bertz CT molecular complexity index is 256. The van der Waals surface area contributed by atoms with Crippen LogP contribution in [0.15, 0.2) is 0 Å². The van der Waals surface area contributed by atoms with Crippen LogP contribution in [0.25, 0.3) is 0 Å². The lowest BCUT2D eigenvalue weighted by molar-refractivity contribution is -0.137. The van der Waals surface area contributed by atoms with Crippen LogP contribution in [0.2, 0.25) is 0 Å². The molecule has 2 fully saturated rings. The third-order valence-corrected chi connectivity index (χ3v) is 4.78. The molecule has 0 aromatic heterocycles. The summed E-state index contributed by atoms with van der Waals surface area (Å²) < 4.78 is 0. The second-order valence-electron chi connectivity index (χ2n) is 6.83. The summed E-state index contributed by atoms with van der Waals surface area (Å²) in [6.07, 6.45) is 17.5. The van der Waals surface area contributed by atoms with Gasteiger partial charge in [0.05, 0.1) is 0 Å². The quantitative estimate of drug-likeness (QED) is 0.624. The van der Waals surface area contributed by atoms with Gasteiger partial charge in [0.1, 0.15) is 0 Å². The number of nitrogens with one attached hydrogen (secondary N) is 1. The first-order chi connectivity index (χ1) is 10.7. The fourth-order valence-corrected chi connectivity index (χ4v) is 3.47. The molecular formula is C18H36N2O2. The highest BCUT2D eigenvalue weighted by Gasteiger charge is 2.19. The van der Waals surface area contributed by atoms with Crippen LogP contribution >= 0.6 is 0 Å². The van der Waals surface area contributed by atoms with E-state index in [2.05, 4.69) is 5.32 Å². The third kappa shape index (κ3) is 10.2. The molecule has 0 heterocycles. The van der Waals surface area contributed by atoms with Crippen LogP contribution in [0.5, 0.6) is 0 Å². The van der Waals surface area contributed by atoms with Crippen LogP contribution in [0, 0.1) is 0 Å². The van der Waals surface area contributed by atoms with Gasteiger partial charge in [-0.2, -0.15) is 0 Å². The maximum Gasteiger partial charge on any atom is 0.303 e. The van der Waals surface area contributed by atoms with Crippen molar-refractivity contribution in [1.29, 1.82) is 0 Å². The average Bonchev–Trinajstić information content (AvgIpc) is 2.54. The van der Waals surface area contributed by atoms with Gasteiger partial charge in [0.15, 0.2) is 0 Å². The van der Waals surface area contributed by atoms with E-state index in [0.717, 1.165) is 31.3 Å². The molecule has 2 rings (SSSR count). The zero-order valence-corrected chi connectivity index (χ0v) is 14.2. The monoisotopic (exact) mass is 312 g/mol. The Labute approximate surface area is 136 Å². The zero-order chi connectivity index (χ0) is 16.0. The second kappa shape index (κ2) is 12.9. The minimum atomic E-state index is -0.716. The number of hydrogen-bond acceptors (Lipinski definition) is 3. The first kappa shape index (κ1) is 19.4. The van der Waals surface area contributed by atoms with Crippen molar-refractivity contribution in [3.8, 4) is 0 Å². The predicted molar refractivity (Wildman–Crippen MR) is 92.0 cm³/mol. The lowest BCUT2D eigenvalue weighted by atomic mass is 9.91. The number of rotatable bonds is 7. The van der Waals surface area contributed by atoms with Crippen LogP contribution in [-0.2, 0) is 4.79 Å². The zero-order valence-electron chi connectivity index (χ0n) is 14.2. The Hall–Kier alpha value is -0.610. The molecule has 0 spiro atoms. The highest BCUT2D eigenvalue weighted by Crippen LogP contribution is 2.22. The van der Waals surface area contributed by atoms with Crippen LogP contribution in [0.4, 0.5) is 0 Å². The van der Waals surface area contributed by atoms with Gasteiger partial charge in [0, 0.05) is 18.5 Å². The predicted octanol–water partition coefficient (Wildman–Crippen LogP) is 3.83. The van der Waals surface area contributed by atoms with Crippen molar-refractivity contribution in [3.05, 3.63) is 0 Å². The van der Waals surface area contributed by atoms with Crippen molar-refractivity contribution in [2.45, 2.75) is 102 Å². The molecular weight excluding hydrogens is 276 g/mol. The van der Waals surface area contributed by atoms with E-state index in [9.17, 15) is 4.79 Å². The Morgan fingerprint density at radius 1 is 0.864 bits per heavy atom. The van der Waals surface area contributed by atoms with Crippen molar-refractivity contribution in [3.63, 3.8) is 0 Å². The summed E-state index contributed by atoms with van der Waals surface area (Å²) in [6.45, 7) is 0.666. The highest BCUT2D eigenvalue weighted by atomic mass is 16.4. The van der Waals surface area contributed by atoms with E-state index < -0.39 is 5.97 Å². The second-order valence-corrected chi connectivity index (χ2v) is 6.83. The highest BCUT2D eigenvalue weighted by molar-refractivity contribution is 5.66. The van der Waals surface area contributed by atoms with Crippen LogP contribution < -0.4 is 11.1 Å². The Kier molecular flexibility index (Phi) is 11.4. The molecule has 0 aliphatic heterocycles. The lowest BCUT2D eigenvalue weighted by Crippen LogP contribution is -2.40. The summed E-state index contributed by atoms with van der Waals surface area (Å²) in [7, 11) is 0. The molecule has 0 unspecified atom stereocenters. The van der Waals surface area contributed by atoms with Crippen LogP contribution in [0.1, 0.15) is 89.9 Å². The fourth-order valence-electron chi connectivity index (χ4n) is 3.47. The first-order valence-corrected chi connectivity index (χ1v) is 9.40. The van der Waals surface area contributed by atoms with E-state index in [1.54, 1.807) is 0 Å². The number of carboxylic acids is 1. The van der Waals surface area contributed by atoms with Gasteiger partial charge >= 0.3 is 5.97 Å². The molecule has 0 radical (unpaired) electrons. The summed E-state index contributed by atoms with van der Waals surface area (Å²) in [6, 6.07) is 1.74. The molecule has 0 bridgehead atoms. The molecule has 4 heteroatoms. The van der Waals surface area contributed by atoms with E-state index >= 15 is 0 Å². The van der Waals surface area contributed by atoms with Gasteiger partial charge in [0.25, 0.3) is 0 Å². The molecule has 0 amide bonds. The van der Waals surface area contributed by atoms with Crippen molar-refractivity contribution in [2.24, 2.45) is 5.73 Å². The van der Waals surface area contributed by atoms with Crippen molar-refractivity contribution >= 4 is 5.97 Å². The van der Waals surface area contributed by atoms with Crippen LogP contribution in [-0.4, -0.2) is 29.7 Å². The molecule has 0 atom stereocenters.